The number of Topliss-reactive ketones (excluding diaryl/α,β-unsaturated/α-hetero) is 1. The summed E-state index contributed by atoms with van der Waals surface area (Å²) in [7, 11) is 0. The van der Waals surface area contributed by atoms with Crippen molar-refractivity contribution >= 4 is 41.7 Å². The zero-order valence-corrected chi connectivity index (χ0v) is 48.8. The van der Waals surface area contributed by atoms with Gasteiger partial charge in [0.2, 0.25) is 6.10 Å². The number of rotatable bonds is 25. The third-order valence-electron chi connectivity index (χ3n) is 16.0. The topological polar surface area (TPSA) is 237 Å². The van der Waals surface area contributed by atoms with Crippen LogP contribution in [-0.4, -0.2) is 118 Å². The Morgan fingerprint density at radius 3 is 2.08 bits per heavy atom. The third-order valence-corrected chi connectivity index (χ3v) is 16.0. The number of unbranched alkanes of at least 4 members (excludes halogenated alkanes) is 5. The van der Waals surface area contributed by atoms with E-state index in [-0.39, 0.29) is 54.9 Å². The quantitative estimate of drug-likeness (QED) is 0.0357. The average Bonchev–Trinajstić information content (AvgIpc) is 2.69. The van der Waals surface area contributed by atoms with Crippen molar-refractivity contribution in [2.45, 2.75) is 232 Å². The highest BCUT2D eigenvalue weighted by molar-refractivity contribution is 5.96. The fourth-order valence-corrected chi connectivity index (χ4v) is 11.8. The maximum absolute atomic E-state index is 15.9. The molecular weight excluding hydrogens is 1010 g/mol. The highest BCUT2D eigenvalue weighted by Crippen LogP contribution is 2.64. The number of ether oxygens (including phenoxy) is 7. The molecule has 2 bridgehead atoms. The molecule has 79 heavy (non-hydrogen) atoms. The number of carbonyl (C=O) groups is 7. The van der Waals surface area contributed by atoms with E-state index in [1.54, 1.807) is 59.7 Å². The van der Waals surface area contributed by atoms with Crippen molar-refractivity contribution in [1.29, 1.82) is 0 Å². The standard InChI is InChI=1S/C62H89NO16/c1-13-15-16-17-18-19-20-21-22-23-24-25-26-27-31-34-48(67)76-50(43(35-39(3)4)63-57(71)79-58(7,8)9)56(70)74-44-37-62(72)54(77-55(69)42-32-29-28-30-33-42)52-60(12,45(65)36-46-61(52,38-73-46)78-41(6)64)53(68)51(75-47(66)14-2)49(40(44)5)59(62,10)11/h16-17,19-20,22-23,28-30,32-33,39,43-46,50-52,54,65,72H,13-15,18,21,24-27,31,34-38H2,1-12H3,(H,63,71)/b17-16-,20-19-,23-22-/t43-,44-,45-,46+,50+,51+,52?,54-,60+,61-,62+/m0/s1. The van der Waals surface area contributed by atoms with E-state index in [9.17, 15) is 34.2 Å². The Morgan fingerprint density at radius 2 is 1.49 bits per heavy atom. The minimum absolute atomic E-state index is 0.00399. The molecule has 11 atom stereocenters. The van der Waals surface area contributed by atoms with E-state index in [4.69, 9.17) is 33.2 Å². The van der Waals surface area contributed by atoms with E-state index in [2.05, 4.69) is 48.7 Å². The summed E-state index contributed by atoms with van der Waals surface area (Å²) in [6.45, 7) is 19.4. The van der Waals surface area contributed by atoms with Crippen LogP contribution in [0.1, 0.15) is 183 Å². The molecule has 1 unspecified atom stereocenters. The second-order valence-corrected chi connectivity index (χ2v) is 23.8. The average molecular weight is 1100 g/mol. The lowest BCUT2D eigenvalue weighted by Gasteiger charge is -2.67. The van der Waals surface area contributed by atoms with Crippen LogP contribution in [0.5, 0.6) is 0 Å². The van der Waals surface area contributed by atoms with Gasteiger partial charge in [0.15, 0.2) is 17.5 Å². The first kappa shape index (κ1) is 64.2. The summed E-state index contributed by atoms with van der Waals surface area (Å²) >= 11 is 0. The van der Waals surface area contributed by atoms with Gasteiger partial charge in [-0.15, -0.1) is 0 Å². The van der Waals surface area contributed by atoms with Crippen molar-refractivity contribution < 1.29 is 76.9 Å². The van der Waals surface area contributed by atoms with Crippen molar-refractivity contribution in [3.63, 3.8) is 0 Å². The molecule has 0 spiro atoms. The highest BCUT2D eigenvalue weighted by Gasteiger charge is 2.78. The van der Waals surface area contributed by atoms with Gasteiger partial charge in [0.05, 0.1) is 35.6 Å². The van der Waals surface area contributed by atoms with Gasteiger partial charge < -0.3 is 48.7 Å². The number of hydrogen-bond acceptors (Lipinski definition) is 16. The molecule has 2 saturated carbocycles. The molecule has 1 aromatic carbocycles. The minimum atomic E-state index is -2.43. The number of aliphatic hydroxyl groups excluding tert-OH is 1. The Kier molecular flexibility index (Phi) is 22.5. The van der Waals surface area contributed by atoms with Crippen molar-refractivity contribution in [1.82, 2.24) is 5.32 Å². The molecule has 1 heterocycles. The predicted molar refractivity (Wildman–Crippen MR) is 295 cm³/mol. The second kappa shape index (κ2) is 27.7. The molecule has 1 aromatic rings. The number of esters is 5. The molecule has 1 saturated heterocycles. The smallest absolute Gasteiger partial charge is 0.408 e. The maximum Gasteiger partial charge on any atom is 0.408 e. The zero-order chi connectivity index (χ0) is 58.5. The number of hydrogen-bond donors (Lipinski definition) is 3. The Balaban J connectivity index is 1.55. The molecule has 4 aliphatic rings. The van der Waals surface area contributed by atoms with Crippen LogP contribution in [0.25, 0.3) is 0 Å². The number of benzene rings is 1. The molecule has 3 fully saturated rings. The molecule has 0 aromatic heterocycles. The maximum atomic E-state index is 15.9. The highest BCUT2D eigenvalue weighted by atomic mass is 16.6. The molecule has 5 rings (SSSR count). The van der Waals surface area contributed by atoms with Crippen LogP contribution < -0.4 is 5.32 Å². The summed E-state index contributed by atoms with van der Waals surface area (Å²) in [4.78, 5) is 99.8. The first-order valence-corrected chi connectivity index (χ1v) is 28.4. The Labute approximate surface area is 467 Å². The fraction of sp³-hybridized carbons (Fsp3) is 0.661. The van der Waals surface area contributed by atoms with Crippen LogP contribution in [0.4, 0.5) is 4.79 Å². The lowest BCUT2D eigenvalue weighted by Crippen LogP contribution is -2.82. The lowest BCUT2D eigenvalue weighted by atomic mass is 9.44. The van der Waals surface area contributed by atoms with Gasteiger partial charge in [-0.05, 0) is 109 Å². The molecule has 3 N–H and O–H groups in total. The molecule has 1 aliphatic heterocycles. The molecule has 17 heteroatoms. The molecule has 438 valence electrons. The summed E-state index contributed by atoms with van der Waals surface area (Å²) in [5.41, 5.74) is -8.70. The van der Waals surface area contributed by atoms with Gasteiger partial charge in [-0.3, -0.25) is 19.2 Å². The number of alkyl carbamates (subject to hydrolysis) is 1. The van der Waals surface area contributed by atoms with Crippen LogP contribution >= 0.6 is 0 Å². The molecular formula is C62H89NO16. The van der Waals surface area contributed by atoms with Gasteiger partial charge >= 0.3 is 35.9 Å². The Morgan fingerprint density at radius 1 is 0.861 bits per heavy atom. The number of carbonyl (C=O) groups excluding carboxylic acids is 7. The number of fused-ring (bicyclic) bond motifs is 5. The van der Waals surface area contributed by atoms with Crippen molar-refractivity contribution in [3.05, 3.63) is 83.5 Å². The van der Waals surface area contributed by atoms with E-state index in [1.807, 2.05) is 13.8 Å². The number of amides is 1. The first-order valence-electron chi connectivity index (χ1n) is 28.4. The van der Waals surface area contributed by atoms with E-state index in [1.165, 1.54) is 26.0 Å². The van der Waals surface area contributed by atoms with Gasteiger partial charge in [0.25, 0.3) is 0 Å². The van der Waals surface area contributed by atoms with Gasteiger partial charge in [-0.2, -0.15) is 0 Å². The minimum Gasteiger partial charge on any atom is -0.455 e. The monoisotopic (exact) mass is 1100 g/mol. The van der Waals surface area contributed by atoms with Gasteiger partial charge in [0.1, 0.15) is 29.5 Å². The van der Waals surface area contributed by atoms with Gasteiger partial charge in [-0.25, -0.2) is 14.4 Å². The summed E-state index contributed by atoms with van der Waals surface area (Å²) < 4.78 is 42.8. The molecule has 3 aliphatic carbocycles. The van der Waals surface area contributed by atoms with Crippen molar-refractivity contribution in [2.24, 2.45) is 22.7 Å². The number of nitrogens with one attached hydrogen (secondary N) is 1. The van der Waals surface area contributed by atoms with E-state index in [0.29, 0.717) is 12.8 Å². The van der Waals surface area contributed by atoms with E-state index >= 15 is 9.59 Å². The Bertz CT molecular complexity index is 2430. The SMILES string of the molecule is CCC/C=C\C/C=C\C/C=C\CCCCCCC(=O)O[C@@H](C(=O)O[C@H]1C[C@@]2(O)[C@@H](OC(=O)c3ccccc3)C3[C@](C)(C(=O)[C@H](OC(=O)CC)C(=C1C)C2(C)C)[C@@H](O)C[C@H]1OC[C@@]31OC(C)=O)[C@H](CC(C)C)NC(=O)OC(C)(C)C. The van der Waals surface area contributed by atoms with E-state index < -0.39 is 124 Å². The number of allylic oxidation sites excluding steroid dienone is 6. The second-order valence-electron chi connectivity index (χ2n) is 23.8. The van der Waals surface area contributed by atoms with Crippen molar-refractivity contribution in [3.8, 4) is 0 Å². The summed E-state index contributed by atoms with van der Waals surface area (Å²) in [6, 6.07) is 6.69. The normalized spacial score (nSPS) is 28.2. The predicted octanol–water partition coefficient (Wildman–Crippen LogP) is 10.0. The van der Waals surface area contributed by atoms with Crippen LogP contribution in [-0.2, 0) is 57.1 Å². The van der Waals surface area contributed by atoms with Crippen LogP contribution in [0, 0.1) is 22.7 Å². The van der Waals surface area contributed by atoms with Gasteiger partial charge in [0, 0.05) is 38.0 Å². The largest absolute Gasteiger partial charge is 0.455 e. The summed E-state index contributed by atoms with van der Waals surface area (Å²) in [6.07, 6.45) is 9.34. The molecule has 0 radical (unpaired) electrons. The molecule has 1 amide bonds. The van der Waals surface area contributed by atoms with Crippen molar-refractivity contribution in [2.75, 3.05) is 6.61 Å². The number of aliphatic hydroxyl groups is 2. The van der Waals surface area contributed by atoms with Crippen LogP contribution in [0.2, 0.25) is 0 Å². The lowest BCUT2D eigenvalue weighted by molar-refractivity contribution is -0.346. The fourth-order valence-electron chi connectivity index (χ4n) is 11.8. The van der Waals surface area contributed by atoms with E-state index in [0.717, 1.165) is 51.9 Å². The third kappa shape index (κ3) is 15.2. The first-order chi connectivity index (χ1) is 37.2. The number of ketones is 1. The van der Waals surface area contributed by atoms with Crippen LogP contribution in [0.3, 0.4) is 0 Å². The zero-order valence-electron chi connectivity index (χ0n) is 48.8. The van der Waals surface area contributed by atoms with Crippen LogP contribution in [0.15, 0.2) is 77.9 Å². The molecule has 17 nitrogen and oxygen atoms in total. The van der Waals surface area contributed by atoms with Gasteiger partial charge in [-0.1, -0.05) is 115 Å². The summed E-state index contributed by atoms with van der Waals surface area (Å²) in [5.74, 6) is -6.99. The summed E-state index contributed by atoms with van der Waals surface area (Å²) in [5, 5.41) is 29.0. The Hall–Kier alpha value is -5.65.